The molecule has 1 aliphatic rings. The maximum absolute atomic E-state index is 5.77. The van der Waals surface area contributed by atoms with Gasteiger partial charge in [0.1, 0.15) is 0 Å². The van der Waals surface area contributed by atoms with Crippen LogP contribution in [-0.2, 0) is 0 Å². The van der Waals surface area contributed by atoms with Gasteiger partial charge in [-0.1, -0.05) is 6.07 Å². The smallest absolute Gasteiger partial charge is 0.170 e. The van der Waals surface area contributed by atoms with E-state index in [4.69, 9.17) is 12.2 Å². The predicted molar refractivity (Wildman–Crippen MR) is 120 cm³/mol. The fourth-order valence-corrected chi connectivity index (χ4v) is 4.77. The third-order valence-corrected chi connectivity index (χ3v) is 5.91. The number of hydrogen-bond acceptors (Lipinski definition) is 3. The molecule has 0 bridgehead atoms. The van der Waals surface area contributed by atoms with Crippen molar-refractivity contribution in [3.8, 4) is 0 Å². The molecular formula is C22H33N5S. The number of thiocarbonyl (C=S) groups is 1. The minimum atomic E-state index is 0.0640. The Morgan fingerprint density at radius 2 is 2.00 bits per heavy atom. The van der Waals surface area contributed by atoms with Crippen LogP contribution in [0.5, 0.6) is 0 Å². The molecule has 1 fully saturated rings. The Morgan fingerprint density at radius 1 is 1.25 bits per heavy atom. The van der Waals surface area contributed by atoms with E-state index in [9.17, 15) is 0 Å². The van der Waals surface area contributed by atoms with Crippen LogP contribution in [0.4, 0.5) is 0 Å². The Kier molecular flexibility index (Phi) is 6.40. The first-order valence-corrected chi connectivity index (χ1v) is 10.5. The molecule has 1 saturated heterocycles. The van der Waals surface area contributed by atoms with Crippen molar-refractivity contribution in [1.82, 2.24) is 24.7 Å². The summed E-state index contributed by atoms with van der Waals surface area (Å²) in [5.74, 6) is 0. The molecule has 3 heterocycles. The third-order valence-electron chi connectivity index (χ3n) is 5.56. The Hall–Kier alpha value is -1.92. The summed E-state index contributed by atoms with van der Waals surface area (Å²) in [6.07, 6.45) is 2.94. The third kappa shape index (κ3) is 4.08. The summed E-state index contributed by atoms with van der Waals surface area (Å²) in [5, 5.41) is 4.39. The summed E-state index contributed by atoms with van der Waals surface area (Å²) >= 11 is 5.77. The zero-order chi connectivity index (χ0) is 20.4. The van der Waals surface area contributed by atoms with E-state index in [2.05, 4.69) is 84.7 Å². The summed E-state index contributed by atoms with van der Waals surface area (Å²) < 4.78 is 2.42. The minimum absolute atomic E-state index is 0.0640. The maximum atomic E-state index is 5.77. The minimum Gasteiger partial charge on any atom is -0.352 e. The summed E-state index contributed by atoms with van der Waals surface area (Å²) in [7, 11) is 4.23. The second kappa shape index (κ2) is 8.62. The number of hydrogen-bond donors (Lipinski definition) is 1. The molecule has 0 amide bonds. The van der Waals surface area contributed by atoms with E-state index in [1.165, 1.54) is 17.0 Å². The molecule has 0 unspecified atom stereocenters. The van der Waals surface area contributed by atoms with Crippen LogP contribution in [0, 0.1) is 13.8 Å². The summed E-state index contributed by atoms with van der Waals surface area (Å²) in [4.78, 5) is 9.23. The molecule has 28 heavy (non-hydrogen) atoms. The van der Waals surface area contributed by atoms with Gasteiger partial charge in [0, 0.05) is 30.2 Å². The highest BCUT2D eigenvalue weighted by Gasteiger charge is 2.41. The molecule has 2 atom stereocenters. The van der Waals surface area contributed by atoms with Crippen molar-refractivity contribution in [2.75, 3.05) is 27.2 Å². The first-order valence-electron chi connectivity index (χ1n) is 10.1. The van der Waals surface area contributed by atoms with E-state index in [1.54, 1.807) is 0 Å². The second-order valence-electron chi connectivity index (χ2n) is 8.27. The lowest BCUT2D eigenvalue weighted by atomic mass is 9.96. The molecule has 0 aromatic carbocycles. The molecule has 0 aliphatic carbocycles. The van der Waals surface area contributed by atoms with Crippen molar-refractivity contribution in [3.63, 3.8) is 0 Å². The van der Waals surface area contributed by atoms with Crippen LogP contribution >= 0.6 is 12.2 Å². The lowest BCUT2D eigenvalue weighted by Gasteiger charge is -2.28. The molecule has 5 nitrogen and oxygen atoms in total. The molecule has 0 radical (unpaired) electrons. The van der Waals surface area contributed by atoms with E-state index in [0.717, 1.165) is 30.3 Å². The summed E-state index contributed by atoms with van der Waals surface area (Å²) in [5.41, 5.74) is 5.01. The molecule has 152 valence electrons. The number of aryl methyl sites for hydroxylation is 1. The lowest BCUT2D eigenvalue weighted by molar-refractivity contribution is 0.292. The van der Waals surface area contributed by atoms with Crippen molar-refractivity contribution < 1.29 is 0 Å². The zero-order valence-corrected chi connectivity index (χ0v) is 18.8. The van der Waals surface area contributed by atoms with Crippen LogP contribution in [0.3, 0.4) is 0 Å². The fraction of sp³-hybridized carbons (Fsp3) is 0.545. The monoisotopic (exact) mass is 399 g/mol. The molecular weight excluding hydrogens is 366 g/mol. The first kappa shape index (κ1) is 20.8. The van der Waals surface area contributed by atoms with Gasteiger partial charge in [-0.15, -0.1) is 0 Å². The van der Waals surface area contributed by atoms with Crippen molar-refractivity contribution in [3.05, 3.63) is 53.1 Å². The van der Waals surface area contributed by atoms with Crippen LogP contribution in [-0.4, -0.2) is 51.6 Å². The number of nitrogens with one attached hydrogen (secondary N) is 1. The second-order valence-corrected chi connectivity index (χ2v) is 8.65. The standard InChI is InChI=1S/C22H33N5S/c1-15(2)27-16(3)14-18(17(27)4)21-20(19-10-7-8-11-23-19)24-22(28)26(21)13-9-12-25(5)6/h7-8,10-11,14-15,20-21H,9,12-13H2,1-6H3,(H,24,28)/t20-,21+/m1/s1. The van der Waals surface area contributed by atoms with E-state index in [-0.39, 0.29) is 12.1 Å². The van der Waals surface area contributed by atoms with Crippen LogP contribution < -0.4 is 5.32 Å². The van der Waals surface area contributed by atoms with E-state index >= 15 is 0 Å². The van der Waals surface area contributed by atoms with Gasteiger partial charge in [-0.3, -0.25) is 4.98 Å². The molecule has 6 heteroatoms. The quantitative estimate of drug-likeness (QED) is 0.712. The lowest BCUT2D eigenvalue weighted by Crippen LogP contribution is -2.32. The van der Waals surface area contributed by atoms with Gasteiger partial charge in [-0.2, -0.15) is 0 Å². The van der Waals surface area contributed by atoms with E-state index in [1.807, 2.05) is 12.3 Å². The number of pyridine rings is 1. The summed E-state index contributed by atoms with van der Waals surface area (Å²) in [6, 6.07) is 9.10. The summed E-state index contributed by atoms with van der Waals surface area (Å²) in [6.45, 7) is 10.9. The van der Waals surface area contributed by atoms with Gasteiger partial charge >= 0.3 is 0 Å². The van der Waals surface area contributed by atoms with E-state index < -0.39 is 0 Å². The molecule has 2 aromatic rings. The number of aromatic nitrogens is 2. The number of rotatable bonds is 7. The van der Waals surface area contributed by atoms with Crippen molar-refractivity contribution >= 4 is 17.3 Å². The largest absolute Gasteiger partial charge is 0.352 e. The normalized spacial score (nSPS) is 19.7. The molecule has 1 N–H and O–H groups in total. The molecule has 3 rings (SSSR count). The van der Waals surface area contributed by atoms with Crippen LogP contribution in [0.15, 0.2) is 30.5 Å². The topological polar surface area (TPSA) is 36.3 Å². The Bertz CT molecular complexity index is 812. The van der Waals surface area contributed by atoms with Gasteiger partial charge < -0.3 is 19.7 Å². The highest BCUT2D eigenvalue weighted by Crippen LogP contribution is 2.41. The Morgan fingerprint density at radius 3 is 2.57 bits per heavy atom. The van der Waals surface area contributed by atoms with Crippen LogP contribution in [0.25, 0.3) is 0 Å². The van der Waals surface area contributed by atoms with Crippen molar-refractivity contribution in [2.45, 2.75) is 52.2 Å². The maximum Gasteiger partial charge on any atom is 0.170 e. The average Bonchev–Trinajstić information content (AvgIpc) is 3.11. The van der Waals surface area contributed by atoms with E-state index in [0.29, 0.717) is 6.04 Å². The molecule has 0 saturated carbocycles. The number of nitrogens with zero attached hydrogens (tertiary/aromatic N) is 4. The highest BCUT2D eigenvalue weighted by molar-refractivity contribution is 7.80. The van der Waals surface area contributed by atoms with Crippen LogP contribution in [0.2, 0.25) is 0 Å². The zero-order valence-electron chi connectivity index (χ0n) is 17.9. The molecule has 0 spiro atoms. The fourth-order valence-electron chi connectivity index (χ4n) is 4.44. The molecule has 1 aliphatic heterocycles. The van der Waals surface area contributed by atoms with Gasteiger partial charge in [-0.05, 0) is 90.7 Å². The Balaban J connectivity index is 2.01. The highest BCUT2D eigenvalue weighted by atomic mass is 32.1. The Labute approximate surface area is 174 Å². The van der Waals surface area contributed by atoms with Gasteiger partial charge in [0.25, 0.3) is 0 Å². The predicted octanol–water partition coefficient (Wildman–Crippen LogP) is 4.01. The van der Waals surface area contributed by atoms with Crippen molar-refractivity contribution in [1.29, 1.82) is 0 Å². The van der Waals surface area contributed by atoms with Gasteiger partial charge in [0.05, 0.1) is 17.8 Å². The SMILES string of the molecule is Cc1cc([C@H]2[C@@H](c3ccccn3)NC(=S)N2CCCN(C)C)c(C)n1C(C)C. The van der Waals surface area contributed by atoms with Gasteiger partial charge in [0.2, 0.25) is 0 Å². The average molecular weight is 400 g/mol. The van der Waals surface area contributed by atoms with Crippen LogP contribution in [0.1, 0.15) is 61.0 Å². The molecule has 2 aromatic heterocycles. The van der Waals surface area contributed by atoms with Crippen molar-refractivity contribution in [2.24, 2.45) is 0 Å². The van der Waals surface area contributed by atoms with Gasteiger partial charge in [-0.25, -0.2) is 0 Å². The van der Waals surface area contributed by atoms with Gasteiger partial charge in [0.15, 0.2) is 5.11 Å². The first-order chi connectivity index (χ1) is 13.3.